The van der Waals surface area contributed by atoms with Crippen molar-refractivity contribution in [2.24, 2.45) is 5.92 Å². The second kappa shape index (κ2) is 15.3. The summed E-state index contributed by atoms with van der Waals surface area (Å²) in [6.45, 7) is 2.16. The van der Waals surface area contributed by atoms with E-state index in [9.17, 15) is 22.0 Å². The maximum absolute atomic E-state index is 15.1. The van der Waals surface area contributed by atoms with Gasteiger partial charge in [-0.05, 0) is 103 Å². The van der Waals surface area contributed by atoms with Crippen LogP contribution in [-0.4, -0.2) is 6.18 Å². The summed E-state index contributed by atoms with van der Waals surface area (Å²) < 4.78 is 146. The van der Waals surface area contributed by atoms with E-state index in [1.807, 2.05) is 0 Å². The van der Waals surface area contributed by atoms with Crippen molar-refractivity contribution < 1.29 is 48.6 Å². The molecular formula is C39H34F10O. The van der Waals surface area contributed by atoms with Gasteiger partial charge in [-0.1, -0.05) is 50.8 Å². The van der Waals surface area contributed by atoms with Gasteiger partial charge in [-0.15, -0.1) is 0 Å². The molecule has 1 saturated carbocycles. The van der Waals surface area contributed by atoms with Gasteiger partial charge in [-0.25, -0.2) is 22.0 Å². The largest absolute Gasteiger partial charge is 0.429 e. The molecule has 0 radical (unpaired) electrons. The minimum absolute atomic E-state index is 0.0654. The van der Waals surface area contributed by atoms with E-state index in [1.54, 1.807) is 0 Å². The van der Waals surface area contributed by atoms with Crippen LogP contribution in [0.15, 0.2) is 72.8 Å². The fraction of sp³-hybridized carbons (Fsp3) is 0.333. The molecule has 1 nitrogen and oxygen atoms in total. The molecule has 0 aromatic heterocycles. The lowest BCUT2D eigenvalue weighted by atomic mass is 9.77. The van der Waals surface area contributed by atoms with Crippen LogP contribution in [0.2, 0.25) is 0 Å². The topological polar surface area (TPSA) is 9.23 Å². The number of unbranched alkanes of at least 4 members (excludes halogenated alkanes) is 2. The summed E-state index contributed by atoms with van der Waals surface area (Å²) in [5.41, 5.74) is -2.28. The van der Waals surface area contributed by atoms with Crippen LogP contribution < -0.4 is 4.74 Å². The van der Waals surface area contributed by atoms with Gasteiger partial charge < -0.3 is 4.74 Å². The van der Waals surface area contributed by atoms with Crippen molar-refractivity contribution in [3.8, 4) is 28.0 Å². The fourth-order valence-corrected chi connectivity index (χ4v) is 6.48. The van der Waals surface area contributed by atoms with E-state index in [4.69, 9.17) is 4.74 Å². The number of hydrogen-bond acceptors (Lipinski definition) is 1. The highest BCUT2D eigenvalue weighted by Gasteiger charge is 2.38. The minimum Gasteiger partial charge on any atom is -0.429 e. The van der Waals surface area contributed by atoms with Gasteiger partial charge in [0, 0.05) is 28.8 Å². The lowest BCUT2D eigenvalue weighted by molar-refractivity contribution is -0.187. The Bertz CT molecular complexity index is 1810. The summed E-state index contributed by atoms with van der Waals surface area (Å²) in [4.78, 5) is 0. The first-order valence-electron chi connectivity index (χ1n) is 16.4. The summed E-state index contributed by atoms with van der Waals surface area (Å²) in [6, 6.07) is 10.7. The number of rotatable bonds is 11. The van der Waals surface area contributed by atoms with Gasteiger partial charge >= 0.3 is 12.3 Å². The molecule has 4 aromatic rings. The SMILES string of the molecule is CCCCCC1CCC(c2ccc(C(F)(F)Oc3ccc(-c4ccc(-c5cc(F)c(/C=C/C(F)(F)F)c(F)c5)c(F)c4)c(F)c3)c(F)c2)CC1. The second-order valence-corrected chi connectivity index (χ2v) is 12.6. The molecule has 0 N–H and O–H groups in total. The van der Waals surface area contributed by atoms with Crippen LogP contribution in [0.5, 0.6) is 5.75 Å². The molecule has 4 aromatic carbocycles. The highest BCUT2D eigenvalue weighted by molar-refractivity contribution is 5.73. The Balaban J connectivity index is 1.27. The Morgan fingerprint density at radius 2 is 1.28 bits per heavy atom. The van der Waals surface area contributed by atoms with Crippen LogP contribution in [-0.2, 0) is 6.11 Å². The van der Waals surface area contributed by atoms with Crippen molar-refractivity contribution in [3.63, 3.8) is 0 Å². The number of allylic oxidation sites excluding steroid dienone is 1. The molecule has 0 saturated heterocycles. The first-order chi connectivity index (χ1) is 23.6. The fourth-order valence-electron chi connectivity index (χ4n) is 6.48. The molecule has 0 unspecified atom stereocenters. The van der Waals surface area contributed by atoms with Gasteiger partial charge in [0.05, 0.1) is 5.56 Å². The van der Waals surface area contributed by atoms with E-state index in [0.717, 1.165) is 68.5 Å². The average Bonchev–Trinajstić information content (AvgIpc) is 3.04. The Labute approximate surface area is 283 Å². The molecule has 0 heterocycles. The highest BCUT2D eigenvalue weighted by atomic mass is 19.4. The molecule has 1 fully saturated rings. The Morgan fingerprint density at radius 3 is 1.88 bits per heavy atom. The normalized spacial score (nSPS) is 17.0. The first kappa shape index (κ1) is 37.0. The quantitative estimate of drug-likeness (QED) is 0.111. The smallest absolute Gasteiger partial charge is 0.429 e. The molecule has 0 atom stereocenters. The van der Waals surface area contributed by atoms with E-state index in [2.05, 4.69) is 6.92 Å². The predicted octanol–water partition coefficient (Wildman–Crippen LogP) is 13.3. The molecule has 266 valence electrons. The van der Waals surface area contributed by atoms with Crippen molar-refractivity contribution in [1.29, 1.82) is 0 Å². The van der Waals surface area contributed by atoms with Gasteiger partial charge in [0.1, 0.15) is 34.8 Å². The number of alkyl halides is 5. The lowest BCUT2D eigenvalue weighted by Gasteiger charge is -2.29. The van der Waals surface area contributed by atoms with Crippen molar-refractivity contribution in [2.45, 2.75) is 76.5 Å². The number of ether oxygens (including phenoxy) is 1. The average molecular weight is 709 g/mol. The maximum atomic E-state index is 15.1. The van der Waals surface area contributed by atoms with E-state index >= 15 is 22.0 Å². The number of hydrogen-bond donors (Lipinski definition) is 0. The van der Waals surface area contributed by atoms with Crippen LogP contribution in [0.4, 0.5) is 43.9 Å². The summed E-state index contributed by atoms with van der Waals surface area (Å²) in [7, 11) is 0. The standard InChI is InChI=1S/C39H34F10O/c1-2-3-4-5-23-6-8-24(9-7-23)25-11-15-32(37(44)18-25)39(48,49)50-28-12-14-29(36(43)22-28)26-10-13-30(33(40)19-26)27-20-34(41)31(35(42)21-27)16-17-38(45,46)47/h10-24H,2-9H2,1H3/b17-16+. The first-order valence-corrected chi connectivity index (χ1v) is 16.4. The summed E-state index contributed by atoms with van der Waals surface area (Å²) in [5, 5.41) is 0. The van der Waals surface area contributed by atoms with Crippen molar-refractivity contribution >= 4 is 6.08 Å². The van der Waals surface area contributed by atoms with Crippen LogP contribution in [0.25, 0.3) is 28.3 Å². The van der Waals surface area contributed by atoms with Gasteiger partial charge in [0.25, 0.3) is 0 Å². The summed E-state index contributed by atoms with van der Waals surface area (Å²) in [5.74, 6) is -5.92. The third kappa shape index (κ3) is 8.89. The summed E-state index contributed by atoms with van der Waals surface area (Å²) in [6.07, 6.45) is -0.638. The van der Waals surface area contributed by atoms with E-state index in [1.165, 1.54) is 31.4 Å². The zero-order valence-corrected chi connectivity index (χ0v) is 27.0. The summed E-state index contributed by atoms with van der Waals surface area (Å²) >= 11 is 0. The van der Waals surface area contributed by atoms with Crippen LogP contribution >= 0.6 is 0 Å². The third-order valence-corrected chi connectivity index (χ3v) is 9.14. The monoisotopic (exact) mass is 708 g/mol. The van der Waals surface area contributed by atoms with Crippen molar-refractivity contribution in [1.82, 2.24) is 0 Å². The molecule has 0 aliphatic heterocycles. The van der Waals surface area contributed by atoms with E-state index < -0.39 is 58.2 Å². The van der Waals surface area contributed by atoms with E-state index in [-0.39, 0.29) is 40.3 Å². The van der Waals surface area contributed by atoms with Gasteiger partial charge in [0.15, 0.2) is 0 Å². The molecule has 50 heavy (non-hydrogen) atoms. The van der Waals surface area contributed by atoms with Crippen molar-refractivity contribution in [3.05, 3.63) is 119 Å². The number of benzene rings is 4. The Kier molecular flexibility index (Phi) is 11.3. The highest BCUT2D eigenvalue weighted by Crippen LogP contribution is 2.41. The van der Waals surface area contributed by atoms with Crippen molar-refractivity contribution in [2.75, 3.05) is 0 Å². The molecule has 11 heteroatoms. The minimum atomic E-state index is -4.81. The van der Waals surface area contributed by atoms with Crippen LogP contribution in [0.3, 0.4) is 0 Å². The van der Waals surface area contributed by atoms with Crippen LogP contribution in [0.1, 0.15) is 80.9 Å². The Hall–Kier alpha value is -4.28. The predicted molar refractivity (Wildman–Crippen MR) is 172 cm³/mol. The van der Waals surface area contributed by atoms with Gasteiger partial charge in [-0.3, -0.25) is 0 Å². The van der Waals surface area contributed by atoms with Gasteiger partial charge in [0.2, 0.25) is 0 Å². The van der Waals surface area contributed by atoms with E-state index in [0.29, 0.717) is 29.7 Å². The van der Waals surface area contributed by atoms with Gasteiger partial charge in [-0.2, -0.15) is 22.0 Å². The number of halogens is 10. The van der Waals surface area contributed by atoms with Crippen LogP contribution in [0, 0.1) is 35.0 Å². The lowest BCUT2D eigenvalue weighted by Crippen LogP contribution is -2.24. The molecule has 1 aliphatic carbocycles. The molecule has 0 amide bonds. The Morgan fingerprint density at radius 1 is 0.660 bits per heavy atom. The maximum Gasteiger partial charge on any atom is 0.429 e. The molecule has 1 aliphatic rings. The molecule has 5 rings (SSSR count). The third-order valence-electron chi connectivity index (χ3n) is 9.14. The zero-order valence-electron chi connectivity index (χ0n) is 27.0. The second-order valence-electron chi connectivity index (χ2n) is 12.6. The molecular weight excluding hydrogens is 674 g/mol. The zero-order chi connectivity index (χ0) is 36.2. The molecule has 0 spiro atoms. The molecule has 0 bridgehead atoms.